The average molecular weight is 384 g/mol. The molecule has 0 N–H and O–H groups in total. The van der Waals surface area contributed by atoms with E-state index in [0.717, 1.165) is 29.0 Å². The van der Waals surface area contributed by atoms with Crippen LogP contribution in [0.1, 0.15) is 41.8 Å². The molecule has 1 aromatic carbocycles. The number of carbonyl (C=O) groups is 2. The molecule has 4 rings (SSSR count). The topological polar surface area (TPSA) is 53.5 Å². The van der Waals surface area contributed by atoms with Crippen molar-refractivity contribution in [1.29, 1.82) is 0 Å². The van der Waals surface area contributed by atoms with Crippen LogP contribution in [0.4, 0.5) is 0 Å². The van der Waals surface area contributed by atoms with E-state index >= 15 is 0 Å². The number of aryl methyl sites for hydroxylation is 1. The van der Waals surface area contributed by atoms with Gasteiger partial charge in [0.05, 0.1) is 23.7 Å². The number of aromatic nitrogens is 1. The Morgan fingerprint density at radius 1 is 1.22 bits per heavy atom. The van der Waals surface area contributed by atoms with Crippen LogP contribution in [0.15, 0.2) is 35.8 Å². The van der Waals surface area contributed by atoms with Crippen molar-refractivity contribution in [2.24, 2.45) is 5.92 Å². The smallest absolute Gasteiger partial charge is 0.228 e. The molecule has 5 nitrogen and oxygen atoms in total. The number of nitrogens with zero attached hydrogens (tertiary/aromatic N) is 3. The first-order valence-electron chi connectivity index (χ1n) is 9.63. The van der Waals surface area contributed by atoms with Crippen molar-refractivity contribution < 1.29 is 9.59 Å². The zero-order valence-corrected chi connectivity index (χ0v) is 16.5. The molecule has 6 heteroatoms. The van der Waals surface area contributed by atoms with E-state index in [4.69, 9.17) is 0 Å². The van der Waals surface area contributed by atoms with Gasteiger partial charge in [0.2, 0.25) is 11.8 Å². The minimum Gasteiger partial charge on any atom is -0.339 e. The van der Waals surface area contributed by atoms with Gasteiger partial charge in [-0.2, -0.15) is 0 Å². The van der Waals surface area contributed by atoms with E-state index in [1.165, 1.54) is 0 Å². The second-order valence-corrected chi connectivity index (χ2v) is 8.49. The van der Waals surface area contributed by atoms with Gasteiger partial charge in [0.15, 0.2) is 0 Å². The molecule has 2 amide bonds. The molecule has 142 valence electrons. The molecule has 1 aliphatic heterocycles. The maximum absolute atomic E-state index is 13.4. The molecule has 1 unspecified atom stereocenters. The van der Waals surface area contributed by atoms with Crippen molar-refractivity contribution in [3.63, 3.8) is 0 Å². The van der Waals surface area contributed by atoms with E-state index in [0.29, 0.717) is 38.5 Å². The van der Waals surface area contributed by atoms with E-state index in [9.17, 15) is 9.59 Å². The van der Waals surface area contributed by atoms with Gasteiger partial charge in [-0.15, -0.1) is 11.3 Å². The summed E-state index contributed by atoms with van der Waals surface area (Å²) in [6.07, 6.45) is 3.32. The van der Waals surface area contributed by atoms with E-state index < -0.39 is 0 Å². The van der Waals surface area contributed by atoms with E-state index in [2.05, 4.69) is 17.1 Å². The Morgan fingerprint density at radius 2 is 2.00 bits per heavy atom. The number of thiazole rings is 1. The quantitative estimate of drug-likeness (QED) is 0.768. The van der Waals surface area contributed by atoms with Gasteiger partial charge in [-0.1, -0.05) is 30.3 Å². The first kappa shape index (κ1) is 18.2. The van der Waals surface area contributed by atoms with Gasteiger partial charge in [-0.25, -0.2) is 4.98 Å². The van der Waals surface area contributed by atoms with Crippen LogP contribution >= 0.6 is 11.3 Å². The van der Waals surface area contributed by atoms with Gasteiger partial charge in [-0.3, -0.25) is 9.59 Å². The molecule has 1 aromatic heterocycles. The molecule has 27 heavy (non-hydrogen) atoms. The fourth-order valence-electron chi connectivity index (χ4n) is 3.74. The van der Waals surface area contributed by atoms with Gasteiger partial charge in [-0.05, 0) is 31.7 Å². The summed E-state index contributed by atoms with van der Waals surface area (Å²) in [6, 6.07) is 10.5. The highest BCUT2D eigenvalue weighted by Gasteiger charge is 2.39. The number of benzene rings is 1. The van der Waals surface area contributed by atoms with Crippen molar-refractivity contribution in [2.75, 3.05) is 6.54 Å². The van der Waals surface area contributed by atoms with Gasteiger partial charge in [0.1, 0.15) is 0 Å². The molecule has 0 bridgehead atoms. The Bertz CT molecular complexity index is 816. The molecule has 2 fully saturated rings. The fraction of sp³-hybridized carbons (Fsp3) is 0.476. The number of hydrogen-bond acceptors (Lipinski definition) is 4. The Kier molecular flexibility index (Phi) is 5.25. The van der Waals surface area contributed by atoms with Crippen LogP contribution < -0.4 is 0 Å². The number of likely N-dealkylation sites (tertiary alicyclic amines) is 1. The van der Waals surface area contributed by atoms with E-state index in [1.54, 1.807) is 11.3 Å². The van der Waals surface area contributed by atoms with Gasteiger partial charge in [0, 0.05) is 30.4 Å². The van der Waals surface area contributed by atoms with Crippen LogP contribution in [0.25, 0.3) is 0 Å². The van der Waals surface area contributed by atoms with Crippen LogP contribution in [0.3, 0.4) is 0 Å². The van der Waals surface area contributed by atoms with Crippen molar-refractivity contribution in [3.05, 3.63) is 52.0 Å². The Hall–Kier alpha value is -2.21. The predicted octanol–water partition coefficient (Wildman–Crippen LogP) is 3.38. The van der Waals surface area contributed by atoms with Gasteiger partial charge in [0.25, 0.3) is 0 Å². The standard InChI is InChI=1S/C21H25N3O2S/c1-15-19(27-14-22-15)13-23(11-16-5-3-2-4-6-16)21(26)17-7-10-20(25)24(12-17)18-8-9-18/h2-6,14,17-18H,7-13H2,1H3. The number of rotatable bonds is 6. The predicted molar refractivity (Wildman–Crippen MR) is 105 cm³/mol. The molecule has 1 aliphatic carbocycles. The molecular formula is C21H25N3O2S. The summed E-state index contributed by atoms with van der Waals surface area (Å²) in [5, 5.41) is 0. The molecule has 1 saturated heterocycles. The number of carbonyl (C=O) groups excluding carboxylic acids is 2. The maximum atomic E-state index is 13.4. The largest absolute Gasteiger partial charge is 0.339 e. The second-order valence-electron chi connectivity index (χ2n) is 7.55. The van der Waals surface area contributed by atoms with Gasteiger partial charge < -0.3 is 9.80 Å². The SMILES string of the molecule is Cc1ncsc1CN(Cc1ccccc1)C(=O)C1CCC(=O)N(C2CC2)C1. The molecule has 0 spiro atoms. The molecule has 0 radical (unpaired) electrons. The van der Waals surface area contributed by atoms with Crippen molar-refractivity contribution in [3.8, 4) is 0 Å². The van der Waals surface area contributed by atoms with Gasteiger partial charge >= 0.3 is 0 Å². The second kappa shape index (κ2) is 7.80. The minimum atomic E-state index is -0.0970. The molecule has 1 atom stereocenters. The van der Waals surface area contributed by atoms with Crippen molar-refractivity contribution in [2.45, 2.75) is 51.7 Å². The third-order valence-electron chi connectivity index (χ3n) is 5.49. The molecular weight excluding hydrogens is 358 g/mol. The normalized spacial score (nSPS) is 20.0. The van der Waals surface area contributed by atoms with Crippen LogP contribution in [0, 0.1) is 12.8 Å². The molecule has 1 saturated carbocycles. The van der Waals surface area contributed by atoms with Crippen LogP contribution in [0.2, 0.25) is 0 Å². The monoisotopic (exact) mass is 383 g/mol. The lowest BCUT2D eigenvalue weighted by molar-refractivity contribution is -0.144. The average Bonchev–Trinajstić information content (AvgIpc) is 3.45. The third kappa shape index (κ3) is 4.21. The fourth-order valence-corrected chi connectivity index (χ4v) is 4.53. The molecule has 2 aliphatic rings. The summed E-state index contributed by atoms with van der Waals surface area (Å²) in [6.45, 7) is 3.74. The van der Waals surface area contributed by atoms with E-state index in [1.807, 2.05) is 40.4 Å². The van der Waals surface area contributed by atoms with Crippen molar-refractivity contribution in [1.82, 2.24) is 14.8 Å². The van der Waals surface area contributed by atoms with Crippen LogP contribution in [-0.2, 0) is 22.7 Å². The number of piperidine rings is 1. The first-order chi connectivity index (χ1) is 13.1. The zero-order valence-electron chi connectivity index (χ0n) is 15.6. The van der Waals surface area contributed by atoms with Crippen LogP contribution in [0.5, 0.6) is 0 Å². The lowest BCUT2D eigenvalue weighted by Crippen LogP contribution is -2.47. The highest BCUT2D eigenvalue weighted by Crippen LogP contribution is 2.32. The third-order valence-corrected chi connectivity index (χ3v) is 6.41. The maximum Gasteiger partial charge on any atom is 0.228 e. The summed E-state index contributed by atoms with van der Waals surface area (Å²) >= 11 is 1.60. The number of hydrogen-bond donors (Lipinski definition) is 0. The van der Waals surface area contributed by atoms with E-state index in [-0.39, 0.29) is 17.7 Å². The molecule has 2 heterocycles. The molecule has 2 aromatic rings. The summed E-state index contributed by atoms with van der Waals surface area (Å²) < 4.78 is 0. The Labute approximate surface area is 164 Å². The Balaban J connectivity index is 1.52. The zero-order chi connectivity index (χ0) is 18.8. The Morgan fingerprint density at radius 3 is 2.67 bits per heavy atom. The first-order valence-corrected chi connectivity index (χ1v) is 10.5. The highest BCUT2D eigenvalue weighted by molar-refractivity contribution is 7.09. The van der Waals surface area contributed by atoms with Crippen LogP contribution in [-0.4, -0.2) is 39.2 Å². The lowest BCUT2D eigenvalue weighted by Gasteiger charge is -2.35. The minimum absolute atomic E-state index is 0.0970. The summed E-state index contributed by atoms with van der Waals surface area (Å²) in [5.41, 5.74) is 3.95. The summed E-state index contributed by atoms with van der Waals surface area (Å²) in [7, 11) is 0. The lowest BCUT2D eigenvalue weighted by atomic mass is 9.95. The van der Waals surface area contributed by atoms with Crippen molar-refractivity contribution >= 4 is 23.2 Å². The highest BCUT2D eigenvalue weighted by atomic mass is 32.1. The summed E-state index contributed by atoms with van der Waals surface area (Å²) in [5.74, 6) is 0.277. The summed E-state index contributed by atoms with van der Waals surface area (Å²) in [4.78, 5) is 35.0. The number of amides is 2.